The van der Waals surface area contributed by atoms with Crippen LogP contribution in [0.4, 0.5) is 5.69 Å². The van der Waals surface area contributed by atoms with Gasteiger partial charge in [0, 0.05) is 55.8 Å². The van der Waals surface area contributed by atoms with Crippen molar-refractivity contribution in [2.45, 2.75) is 45.1 Å². The van der Waals surface area contributed by atoms with Crippen LogP contribution in [0.5, 0.6) is 0 Å². The van der Waals surface area contributed by atoms with Crippen LogP contribution in [-0.4, -0.2) is 50.7 Å². The molecule has 2 amide bonds. The van der Waals surface area contributed by atoms with Crippen LogP contribution in [0.15, 0.2) is 29.1 Å². The van der Waals surface area contributed by atoms with E-state index in [2.05, 4.69) is 5.10 Å². The van der Waals surface area contributed by atoms with Crippen LogP contribution in [0.2, 0.25) is 5.02 Å². The second-order valence-corrected chi connectivity index (χ2v) is 9.17. The number of carbonyl (C=O) groups is 2. The molecule has 1 aromatic carbocycles. The van der Waals surface area contributed by atoms with Gasteiger partial charge in [-0.1, -0.05) is 11.6 Å². The van der Waals surface area contributed by atoms with Crippen LogP contribution in [0, 0.1) is 5.92 Å². The summed E-state index contributed by atoms with van der Waals surface area (Å²) in [5, 5.41) is 5.08. The molecule has 0 radical (unpaired) electrons. The van der Waals surface area contributed by atoms with Gasteiger partial charge in [-0.15, -0.1) is 0 Å². The van der Waals surface area contributed by atoms with Gasteiger partial charge in [0.05, 0.1) is 5.92 Å². The van der Waals surface area contributed by atoms with Crippen molar-refractivity contribution in [2.75, 3.05) is 24.5 Å². The highest BCUT2D eigenvalue weighted by Crippen LogP contribution is 2.31. The predicted octanol–water partition coefficient (Wildman–Crippen LogP) is 2.58. The van der Waals surface area contributed by atoms with Crippen LogP contribution < -0.4 is 10.6 Å². The number of anilines is 1. The van der Waals surface area contributed by atoms with Gasteiger partial charge >= 0.3 is 5.69 Å². The van der Waals surface area contributed by atoms with Gasteiger partial charge in [-0.2, -0.15) is 5.10 Å². The zero-order valence-corrected chi connectivity index (χ0v) is 18.9. The fourth-order valence-electron chi connectivity index (χ4n) is 4.65. The minimum absolute atomic E-state index is 0.00247. The third-order valence-corrected chi connectivity index (χ3v) is 6.46. The van der Waals surface area contributed by atoms with Gasteiger partial charge in [0.2, 0.25) is 11.8 Å². The number of halogens is 1. The lowest BCUT2D eigenvalue weighted by atomic mass is 9.95. The highest BCUT2D eigenvalue weighted by molar-refractivity contribution is 6.30. The largest absolute Gasteiger partial charge is 0.345 e. The number of aromatic nitrogens is 3. The highest BCUT2D eigenvalue weighted by atomic mass is 35.5. The summed E-state index contributed by atoms with van der Waals surface area (Å²) in [7, 11) is 1.66. The average Bonchev–Trinajstić information content (AvgIpc) is 3.28. The standard InChI is InChI=1S/C22H28ClN5O3/c1-14(2)28-20(24-25(3)22(28)31)15-5-4-10-26(12-15)21(30)16-11-19(29)27(13-16)18-8-6-17(23)7-9-18/h6-9,14-16H,4-5,10-13H2,1-3H3. The number of rotatable bonds is 4. The maximum absolute atomic E-state index is 13.3. The quantitative estimate of drug-likeness (QED) is 0.724. The summed E-state index contributed by atoms with van der Waals surface area (Å²) in [5.74, 6) is 0.346. The van der Waals surface area contributed by atoms with Gasteiger partial charge < -0.3 is 9.80 Å². The van der Waals surface area contributed by atoms with Crippen LogP contribution in [0.3, 0.4) is 0 Å². The Bertz CT molecular complexity index is 1040. The Morgan fingerprint density at radius 2 is 1.87 bits per heavy atom. The summed E-state index contributed by atoms with van der Waals surface area (Å²) in [4.78, 5) is 41.8. The Morgan fingerprint density at radius 1 is 1.16 bits per heavy atom. The number of benzene rings is 1. The van der Waals surface area contributed by atoms with E-state index in [-0.39, 0.29) is 41.8 Å². The molecule has 0 saturated carbocycles. The summed E-state index contributed by atoms with van der Waals surface area (Å²) < 4.78 is 3.09. The van der Waals surface area contributed by atoms with E-state index in [0.29, 0.717) is 24.7 Å². The molecule has 0 bridgehead atoms. The van der Waals surface area contributed by atoms with Crippen molar-refractivity contribution in [3.05, 3.63) is 45.6 Å². The molecule has 2 aliphatic rings. The van der Waals surface area contributed by atoms with Crippen molar-refractivity contribution in [3.63, 3.8) is 0 Å². The van der Waals surface area contributed by atoms with Crippen molar-refractivity contribution in [1.82, 2.24) is 19.2 Å². The van der Waals surface area contributed by atoms with Gasteiger partial charge in [0.1, 0.15) is 5.82 Å². The van der Waals surface area contributed by atoms with Gasteiger partial charge in [-0.25, -0.2) is 9.48 Å². The smallest absolute Gasteiger partial charge is 0.342 e. The van der Waals surface area contributed by atoms with Crippen molar-refractivity contribution in [2.24, 2.45) is 13.0 Å². The van der Waals surface area contributed by atoms with E-state index in [1.54, 1.807) is 40.8 Å². The Kier molecular flexibility index (Phi) is 5.92. The molecular weight excluding hydrogens is 418 g/mol. The molecule has 31 heavy (non-hydrogen) atoms. The van der Waals surface area contributed by atoms with E-state index in [9.17, 15) is 14.4 Å². The first-order valence-corrected chi connectivity index (χ1v) is 11.1. The first kappa shape index (κ1) is 21.6. The third kappa shape index (κ3) is 4.13. The number of nitrogens with zero attached hydrogens (tertiary/aromatic N) is 5. The highest BCUT2D eigenvalue weighted by Gasteiger charge is 2.39. The molecule has 2 fully saturated rings. The van der Waals surface area contributed by atoms with E-state index >= 15 is 0 Å². The Balaban J connectivity index is 1.49. The molecule has 2 atom stereocenters. The summed E-state index contributed by atoms with van der Waals surface area (Å²) in [6, 6.07) is 7.10. The number of hydrogen-bond donors (Lipinski definition) is 0. The fourth-order valence-corrected chi connectivity index (χ4v) is 4.78. The summed E-state index contributed by atoms with van der Waals surface area (Å²) in [6.45, 7) is 5.50. The molecule has 0 N–H and O–H groups in total. The van der Waals surface area contributed by atoms with Crippen molar-refractivity contribution in [1.29, 1.82) is 0 Å². The second kappa shape index (κ2) is 8.49. The molecule has 8 nitrogen and oxygen atoms in total. The molecule has 0 aliphatic carbocycles. The first-order chi connectivity index (χ1) is 14.8. The normalized spacial score (nSPS) is 21.9. The Hall–Kier alpha value is -2.61. The van der Waals surface area contributed by atoms with Gasteiger partial charge in [-0.05, 0) is 51.0 Å². The van der Waals surface area contributed by atoms with E-state index in [0.717, 1.165) is 24.4 Å². The lowest BCUT2D eigenvalue weighted by Crippen LogP contribution is -2.43. The number of piperidine rings is 1. The van der Waals surface area contributed by atoms with E-state index in [4.69, 9.17) is 11.6 Å². The average molecular weight is 446 g/mol. The van der Waals surface area contributed by atoms with E-state index in [1.807, 2.05) is 18.7 Å². The number of aryl methyl sites for hydroxylation is 1. The predicted molar refractivity (Wildman–Crippen MR) is 118 cm³/mol. The maximum Gasteiger partial charge on any atom is 0.345 e. The Morgan fingerprint density at radius 3 is 2.55 bits per heavy atom. The number of likely N-dealkylation sites (tertiary alicyclic amines) is 1. The molecule has 2 unspecified atom stereocenters. The molecular formula is C22H28ClN5O3. The van der Waals surface area contributed by atoms with Crippen molar-refractivity contribution >= 4 is 29.1 Å². The molecule has 0 spiro atoms. The second-order valence-electron chi connectivity index (χ2n) is 8.73. The number of amides is 2. The number of carbonyl (C=O) groups excluding carboxylic acids is 2. The van der Waals surface area contributed by atoms with Crippen molar-refractivity contribution < 1.29 is 9.59 Å². The first-order valence-electron chi connectivity index (χ1n) is 10.8. The molecule has 4 rings (SSSR count). The molecule has 9 heteroatoms. The fraction of sp³-hybridized carbons (Fsp3) is 0.545. The van der Waals surface area contributed by atoms with Crippen LogP contribution in [-0.2, 0) is 16.6 Å². The number of hydrogen-bond acceptors (Lipinski definition) is 4. The molecule has 2 aromatic rings. The van der Waals surface area contributed by atoms with Gasteiger partial charge in [0.25, 0.3) is 0 Å². The molecule has 166 valence electrons. The minimum Gasteiger partial charge on any atom is -0.342 e. The minimum atomic E-state index is -0.363. The Labute approximate surface area is 186 Å². The summed E-state index contributed by atoms with van der Waals surface area (Å²) >= 11 is 5.95. The zero-order valence-electron chi connectivity index (χ0n) is 18.1. The van der Waals surface area contributed by atoms with Crippen LogP contribution in [0.25, 0.3) is 0 Å². The van der Waals surface area contributed by atoms with E-state index in [1.165, 1.54) is 4.68 Å². The molecule has 3 heterocycles. The summed E-state index contributed by atoms with van der Waals surface area (Å²) in [6.07, 6.45) is 1.94. The SMILES string of the molecule is CC(C)n1c(C2CCCN(C(=O)C3CC(=O)N(c4ccc(Cl)cc4)C3)C2)nn(C)c1=O. The summed E-state index contributed by atoms with van der Waals surface area (Å²) in [5.41, 5.74) is 0.629. The van der Waals surface area contributed by atoms with Crippen molar-refractivity contribution in [3.8, 4) is 0 Å². The lowest BCUT2D eigenvalue weighted by molar-refractivity contribution is -0.137. The molecule has 2 aliphatic heterocycles. The monoisotopic (exact) mass is 445 g/mol. The van der Waals surface area contributed by atoms with E-state index < -0.39 is 0 Å². The van der Waals surface area contributed by atoms with Gasteiger partial charge in [-0.3, -0.25) is 14.2 Å². The third-order valence-electron chi connectivity index (χ3n) is 6.21. The lowest BCUT2D eigenvalue weighted by Gasteiger charge is -2.34. The maximum atomic E-state index is 13.3. The zero-order chi connectivity index (χ0) is 22.3. The topological polar surface area (TPSA) is 80.4 Å². The van der Waals surface area contributed by atoms with Crippen LogP contribution in [0.1, 0.15) is 50.9 Å². The molecule has 2 saturated heterocycles. The van der Waals surface area contributed by atoms with Gasteiger partial charge in [0.15, 0.2) is 0 Å². The molecule has 1 aromatic heterocycles. The van der Waals surface area contributed by atoms with Crippen LogP contribution >= 0.6 is 11.6 Å².